The van der Waals surface area contributed by atoms with Crippen molar-refractivity contribution in [1.82, 2.24) is 10.6 Å². The average molecular weight is 331 g/mol. The zero-order valence-corrected chi connectivity index (χ0v) is 12.7. The SMILES string of the molecule is COCCNC(=O)C(C)NCc1cc(Br)ccc1O. The van der Waals surface area contributed by atoms with Crippen LogP contribution < -0.4 is 10.6 Å². The number of phenolic OH excluding ortho intramolecular Hbond substituents is 1. The van der Waals surface area contributed by atoms with E-state index in [2.05, 4.69) is 26.6 Å². The smallest absolute Gasteiger partial charge is 0.236 e. The molecule has 1 atom stereocenters. The molecule has 0 aromatic heterocycles. The molecule has 0 saturated heterocycles. The number of phenols is 1. The Bertz CT molecular complexity index is 426. The maximum Gasteiger partial charge on any atom is 0.236 e. The minimum Gasteiger partial charge on any atom is -0.508 e. The standard InChI is InChI=1S/C13H19BrN2O3/c1-9(13(18)15-5-6-19-2)16-8-10-7-11(14)3-4-12(10)17/h3-4,7,9,16-17H,5-6,8H2,1-2H3,(H,15,18). The lowest BCUT2D eigenvalue weighted by Crippen LogP contribution is -2.42. The van der Waals surface area contributed by atoms with Gasteiger partial charge in [-0.25, -0.2) is 0 Å². The molecule has 3 N–H and O–H groups in total. The van der Waals surface area contributed by atoms with Crippen molar-refractivity contribution in [1.29, 1.82) is 0 Å². The average Bonchev–Trinajstić information content (AvgIpc) is 2.39. The molecular weight excluding hydrogens is 312 g/mol. The number of halogens is 1. The fourth-order valence-corrected chi connectivity index (χ4v) is 1.89. The Hall–Kier alpha value is -1.11. The van der Waals surface area contributed by atoms with Crippen molar-refractivity contribution >= 4 is 21.8 Å². The van der Waals surface area contributed by atoms with E-state index < -0.39 is 0 Å². The number of ether oxygens (including phenoxy) is 1. The van der Waals surface area contributed by atoms with Gasteiger partial charge in [0, 0.05) is 30.2 Å². The molecule has 0 aliphatic rings. The molecule has 0 fully saturated rings. The molecule has 0 bridgehead atoms. The molecule has 0 aliphatic heterocycles. The quantitative estimate of drug-likeness (QED) is 0.661. The van der Waals surface area contributed by atoms with Crippen molar-refractivity contribution in [3.8, 4) is 5.75 Å². The molecule has 19 heavy (non-hydrogen) atoms. The number of methoxy groups -OCH3 is 1. The molecular formula is C13H19BrN2O3. The topological polar surface area (TPSA) is 70.6 Å². The van der Waals surface area contributed by atoms with E-state index >= 15 is 0 Å². The number of carbonyl (C=O) groups excluding carboxylic acids is 1. The monoisotopic (exact) mass is 330 g/mol. The van der Waals surface area contributed by atoms with Gasteiger partial charge in [0.1, 0.15) is 5.75 Å². The van der Waals surface area contributed by atoms with Crippen molar-refractivity contribution in [3.05, 3.63) is 28.2 Å². The largest absolute Gasteiger partial charge is 0.508 e. The van der Waals surface area contributed by atoms with Gasteiger partial charge in [-0.05, 0) is 25.1 Å². The van der Waals surface area contributed by atoms with E-state index in [9.17, 15) is 9.90 Å². The van der Waals surface area contributed by atoms with Crippen LogP contribution in [0.25, 0.3) is 0 Å². The van der Waals surface area contributed by atoms with Crippen LogP contribution in [0.2, 0.25) is 0 Å². The summed E-state index contributed by atoms with van der Waals surface area (Å²) in [5.41, 5.74) is 0.742. The second-order valence-corrected chi connectivity index (χ2v) is 5.08. The van der Waals surface area contributed by atoms with Gasteiger partial charge >= 0.3 is 0 Å². The molecule has 1 aromatic rings. The zero-order chi connectivity index (χ0) is 14.3. The predicted octanol–water partition coefficient (Wildman–Crippen LogP) is 1.40. The second-order valence-electron chi connectivity index (χ2n) is 4.16. The van der Waals surface area contributed by atoms with Crippen LogP contribution in [-0.2, 0) is 16.1 Å². The lowest BCUT2D eigenvalue weighted by molar-refractivity contribution is -0.123. The number of benzene rings is 1. The third-order valence-corrected chi connectivity index (χ3v) is 3.13. The second kappa shape index (κ2) is 8.14. The van der Waals surface area contributed by atoms with Crippen molar-refractivity contribution < 1.29 is 14.6 Å². The predicted molar refractivity (Wildman–Crippen MR) is 77.0 cm³/mol. The van der Waals surface area contributed by atoms with E-state index in [1.165, 1.54) is 0 Å². The van der Waals surface area contributed by atoms with Crippen LogP contribution in [0.5, 0.6) is 5.75 Å². The molecule has 0 heterocycles. The minimum atomic E-state index is -0.338. The van der Waals surface area contributed by atoms with Crippen LogP contribution >= 0.6 is 15.9 Å². The molecule has 1 unspecified atom stereocenters. The van der Waals surface area contributed by atoms with Crippen LogP contribution in [0.3, 0.4) is 0 Å². The Morgan fingerprint density at radius 3 is 2.95 bits per heavy atom. The molecule has 1 amide bonds. The van der Waals surface area contributed by atoms with E-state index in [0.29, 0.717) is 19.7 Å². The fraction of sp³-hybridized carbons (Fsp3) is 0.462. The Balaban J connectivity index is 2.42. The molecule has 1 aromatic carbocycles. The highest BCUT2D eigenvalue weighted by Gasteiger charge is 2.12. The fourth-order valence-electron chi connectivity index (χ4n) is 1.48. The van der Waals surface area contributed by atoms with Gasteiger partial charge in [-0.1, -0.05) is 15.9 Å². The number of hydrogen-bond donors (Lipinski definition) is 3. The summed E-state index contributed by atoms with van der Waals surface area (Å²) < 4.78 is 5.75. The first kappa shape index (κ1) is 15.9. The molecule has 0 radical (unpaired) electrons. The van der Waals surface area contributed by atoms with Crippen molar-refractivity contribution in [2.75, 3.05) is 20.3 Å². The Kier molecular flexibility index (Phi) is 6.83. The first-order valence-corrected chi connectivity index (χ1v) is 6.81. The van der Waals surface area contributed by atoms with Gasteiger partial charge in [0.25, 0.3) is 0 Å². The third kappa shape index (κ3) is 5.59. The highest BCUT2D eigenvalue weighted by atomic mass is 79.9. The molecule has 106 valence electrons. The van der Waals surface area contributed by atoms with Crippen LogP contribution in [0.15, 0.2) is 22.7 Å². The zero-order valence-electron chi connectivity index (χ0n) is 11.1. The highest BCUT2D eigenvalue weighted by Crippen LogP contribution is 2.21. The van der Waals surface area contributed by atoms with Crippen molar-refractivity contribution in [3.63, 3.8) is 0 Å². The summed E-state index contributed by atoms with van der Waals surface area (Å²) in [6.45, 7) is 3.18. The van der Waals surface area contributed by atoms with E-state index in [1.54, 1.807) is 26.2 Å². The normalized spacial score (nSPS) is 12.2. The first-order chi connectivity index (χ1) is 9.04. The van der Waals surface area contributed by atoms with Gasteiger partial charge in [-0.2, -0.15) is 0 Å². The van der Waals surface area contributed by atoms with Crippen LogP contribution in [0, 0.1) is 0 Å². The molecule has 6 heteroatoms. The minimum absolute atomic E-state index is 0.0912. The van der Waals surface area contributed by atoms with Gasteiger partial charge in [0.2, 0.25) is 5.91 Å². The Labute approximate surface area is 121 Å². The lowest BCUT2D eigenvalue weighted by atomic mass is 10.2. The number of amides is 1. The Morgan fingerprint density at radius 1 is 1.53 bits per heavy atom. The number of nitrogens with one attached hydrogen (secondary N) is 2. The lowest BCUT2D eigenvalue weighted by Gasteiger charge is -2.14. The number of hydrogen-bond acceptors (Lipinski definition) is 4. The van der Waals surface area contributed by atoms with E-state index in [1.807, 2.05) is 6.07 Å². The van der Waals surface area contributed by atoms with Gasteiger partial charge in [-0.15, -0.1) is 0 Å². The molecule has 0 spiro atoms. The van der Waals surface area contributed by atoms with E-state index in [-0.39, 0.29) is 17.7 Å². The maximum absolute atomic E-state index is 11.7. The van der Waals surface area contributed by atoms with E-state index in [0.717, 1.165) is 10.0 Å². The van der Waals surface area contributed by atoms with Gasteiger partial charge in [0.15, 0.2) is 0 Å². The van der Waals surface area contributed by atoms with Gasteiger partial charge < -0.3 is 20.5 Å². The molecule has 5 nitrogen and oxygen atoms in total. The van der Waals surface area contributed by atoms with Crippen molar-refractivity contribution in [2.24, 2.45) is 0 Å². The van der Waals surface area contributed by atoms with Crippen LogP contribution in [0.1, 0.15) is 12.5 Å². The number of rotatable bonds is 7. The van der Waals surface area contributed by atoms with Gasteiger partial charge in [0.05, 0.1) is 12.6 Å². The number of aromatic hydroxyl groups is 1. The van der Waals surface area contributed by atoms with Crippen LogP contribution in [0.4, 0.5) is 0 Å². The van der Waals surface area contributed by atoms with Crippen molar-refractivity contribution in [2.45, 2.75) is 19.5 Å². The summed E-state index contributed by atoms with van der Waals surface area (Å²) in [5.74, 6) is 0.120. The summed E-state index contributed by atoms with van der Waals surface area (Å²) in [4.78, 5) is 11.7. The summed E-state index contributed by atoms with van der Waals surface area (Å²) in [6.07, 6.45) is 0. The molecule has 0 saturated carbocycles. The summed E-state index contributed by atoms with van der Waals surface area (Å²) in [7, 11) is 1.59. The molecule has 1 rings (SSSR count). The van der Waals surface area contributed by atoms with Crippen LogP contribution in [-0.4, -0.2) is 37.3 Å². The first-order valence-electron chi connectivity index (χ1n) is 6.02. The third-order valence-electron chi connectivity index (χ3n) is 2.64. The number of carbonyl (C=O) groups is 1. The van der Waals surface area contributed by atoms with Gasteiger partial charge in [-0.3, -0.25) is 4.79 Å². The summed E-state index contributed by atoms with van der Waals surface area (Å²) >= 11 is 3.34. The molecule has 0 aliphatic carbocycles. The summed E-state index contributed by atoms with van der Waals surface area (Å²) in [5, 5.41) is 15.5. The summed E-state index contributed by atoms with van der Waals surface area (Å²) in [6, 6.07) is 4.86. The maximum atomic E-state index is 11.7. The highest BCUT2D eigenvalue weighted by molar-refractivity contribution is 9.10. The Morgan fingerprint density at radius 2 is 2.26 bits per heavy atom. The van der Waals surface area contributed by atoms with E-state index in [4.69, 9.17) is 4.74 Å².